The van der Waals surface area contributed by atoms with Crippen LogP contribution in [0.1, 0.15) is 18.5 Å². The molecule has 2 rings (SSSR count). The van der Waals surface area contributed by atoms with Gasteiger partial charge in [0.2, 0.25) is 0 Å². The second-order valence-corrected chi connectivity index (χ2v) is 4.38. The topological polar surface area (TPSA) is 39.9 Å². The fourth-order valence-corrected chi connectivity index (χ4v) is 2.31. The van der Waals surface area contributed by atoms with Crippen molar-refractivity contribution in [2.75, 3.05) is 13.1 Å². The molecule has 0 saturated carbocycles. The number of nitriles is 1. The number of hydrogen-bond acceptors (Lipinski definition) is 4. The molecule has 0 aliphatic carbocycles. The van der Waals surface area contributed by atoms with Crippen LogP contribution in [-0.4, -0.2) is 23.0 Å². The van der Waals surface area contributed by atoms with E-state index >= 15 is 0 Å². The molecule has 0 unspecified atom stereocenters. The predicted molar refractivity (Wildman–Crippen MR) is 55.7 cm³/mol. The Hall–Kier alpha value is -0.920. The van der Waals surface area contributed by atoms with Crippen LogP contribution in [0.5, 0.6) is 0 Å². The van der Waals surface area contributed by atoms with Crippen LogP contribution in [-0.2, 0) is 6.54 Å². The first-order chi connectivity index (χ1) is 6.88. The average Bonchev–Trinajstić information content (AvgIpc) is 2.72. The number of nitrogens with zero attached hydrogens (tertiary/aromatic N) is 3. The Morgan fingerprint density at radius 1 is 1.57 bits per heavy atom. The lowest BCUT2D eigenvalue weighted by Crippen LogP contribution is -2.32. The lowest BCUT2D eigenvalue weighted by molar-refractivity contribution is 0.196. The molecule has 4 heteroatoms. The van der Waals surface area contributed by atoms with Gasteiger partial charge in [-0.05, 0) is 25.9 Å². The van der Waals surface area contributed by atoms with Crippen molar-refractivity contribution in [3.63, 3.8) is 0 Å². The van der Waals surface area contributed by atoms with Crippen LogP contribution in [0.15, 0.2) is 10.9 Å². The molecule has 1 aromatic heterocycles. The molecule has 0 N–H and O–H groups in total. The second kappa shape index (κ2) is 4.54. The minimum atomic E-state index is 0.279. The molecular formula is C10H13N3S. The highest BCUT2D eigenvalue weighted by atomic mass is 32.1. The summed E-state index contributed by atoms with van der Waals surface area (Å²) in [6.45, 7) is 3.02. The first-order valence-corrected chi connectivity index (χ1v) is 5.82. The molecule has 1 aromatic rings. The first-order valence-electron chi connectivity index (χ1n) is 4.87. The van der Waals surface area contributed by atoms with E-state index in [0.29, 0.717) is 0 Å². The van der Waals surface area contributed by atoms with Crippen LogP contribution in [0.25, 0.3) is 0 Å². The molecule has 1 saturated heterocycles. The van der Waals surface area contributed by atoms with Crippen LogP contribution < -0.4 is 0 Å². The smallest absolute Gasteiger partial charge is 0.0795 e. The molecular weight excluding hydrogens is 194 g/mol. The van der Waals surface area contributed by atoms with Gasteiger partial charge in [0.1, 0.15) is 0 Å². The normalized spacial score (nSPS) is 19.4. The van der Waals surface area contributed by atoms with Crippen molar-refractivity contribution >= 4 is 11.3 Å². The van der Waals surface area contributed by atoms with Crippen molar-refractivity contribution in [3.05, 3.63) is 16.6 Å². The Morgan fingerprint density at radius 2 is 2.36 bits per heavy atom. The Labute approximate surface area is 88.0 Å². The summed E-state index contributed by atoms with van der Waals surface area (Å²) in [6.07, 6.45) is 2.03. The third-order valence-corrected chi connectivity index (χ3v) is 3.27. The minimum Gasteiger partial charge on any atom is -0.297 e. The monoisotopic (exact) mass is 207 g/mol. The molecule has 0 spiro atoms. The van der Waals surface area contributed by atoms with E-state index in [0.717, 1.165) is 38.2 Å². The molecule has 3 nitrogen and oxygen atoms in total. The fraction of sp³-hybridized carbons (Fsp3) is 0.600. The van der Waals surface area contributed by atoms with Gasteiger partial charge in [0.15, 0.2) is 0 Å². The molecule has 0 bridgehead atoms. The number of rotatable bonds is 2. The minimum absolute atomic E-state index is 0.279. The standard InChI is InChI=1S/C10H13N3S/c11-5-9-1-3-13(4-2-9)6-10-7-14-8-12-10/h7-9H,1-4,6H2. The van der Waals surface area contributed by atoms with Gasteiger partial charge in [-0.15, -0.1) is 11.3 Å². The molecule has 0 atom stereocenters. The van der Waals surface area contributed by atoms with Gasteiger partial charge in [-0.1, -0.05) is 0 Å². The van der Waals surface area contributed by atoms with E-state index in [2.05, 4.69) is 21.3 Å². The van der Waals surface area contributed by atoms with E-state index in [1.807, 2.05) is 5.51 Å². The lowest BCUT2D eigenvalue weighted by Gasteiger charge is -2.28. The fourth-order valence-electron chi connectivity index (χ4n) is 1.76. The molecule has 74 valence electrons. The maximum absolute atomic E-state index is 8.75. The number of hydrogen-bond donors (Lipinski definition) is 0. The quantitative estimate of drug-likeness (QED) is 0.743. The summed E-state index contributed by atoms with van der Waals surface area (Å²) < 4.78 is 0. The zero-order valence-corrected chi connectivity index (χ0v) is 8.83. The Kier molecular flexibility index (Phi) is 3.12. The van der Waals surface area contributed by atoms with Crippen LogP contribution in [0.2, 0.25) is 0 Å². The third kappa shape index (κ3) is 2.31. The average molecular weight is 207 g/mol. The van der Waals surface area contributed by atoms with Gasteiger partial charge in [0, 0.05) is 17.8 Å². The summed E-state index contributed by atoms with van der Waals surface area (Å²) >= 11 is 1.64. The highest BCUT2D eigenvalue weighted by molar-refractivity contribution is 7.07. The SMILES string of the molecule is N#CC1CCN(Cc2cscn2)CC1. The van der Waals surface area contributed by atoms with Crippen LogP contribution in [0.3, 0.4) is 0 Å². The van der Waals surface area contributed by atoms with Crippen molar-refractivity contribution in [1.82, 2.24) is 9.88 Å². The van der Waals surface area contributed by atoms with Crippen molar-refractivity contribution in [3.8, 4) is 6.07 Å². The van der Waals surface area contributed by atoms with Gasteiger partial charge < -0.3 is 0 Å². The lowest BCUT2D eigenvalue weighted by atomic mass is 9.99. The Balaban J connectivity index is 1.82. The maximum atomic E-state index is 8.75. The molecule has 1 aliphatic rings. The zero-order valence-electron chi connectivity index (χ0n) is 8.02. The number of thiazole rings is 1. The van der Waals surface area contributed by atoms with Crippen molar-refractivity contribution in [1.29, 1.82) is 5.26 Å². The molecule has 0 aromatic carbocycles. The highest BCUT2D eigenvalue weighted by Crippen LogP contribution is 2.17. The van der Waals surface area contributed by atoms with E-state index in [1.165, 1.54) is 0 Å². The van der Waals surface area contributed by atoms with Gasteiger partial charge in [0.25, 0.3) is 0 Å². The zero-order chi connectivity index (χ0) is 9.80. The Bertz CT molecular complexity index is 307. The third-order valence-electron chi connectivity index (χ3n) is 2.64. The predicted octanol–water partition coefficient (Wildman–Crippen LogP) is 1.88. The number of piperidine rings is 1. The van der Waals surface area contributed by atoms with Crippen molar-refractivity contribution in [2.45, 2.75) is 19.4 Å². The van der Waals surface area contributed by atoms with Gasteiger partial charge in [-0.25, -0.2) is 4.98 Å². The molecule has 0 amide bonds. The number of aromatic nitrogens is 1. The van der Waals surface area contributed by atoms with Crippen LogP contribution in [0, 0.1) is 17.2 Å². The van der Waals surface area contributed by atoms with Crippen LogP contribution in [0.4, 0.5) is 0 Å². The second-order valence-electron chi connectivity index (χ2n) is 3.66. The van der Waals surface area contributed by atoms with Gasteiger partial charge in [-0.3, -0.25) is 4.90 Å². The van der Waals surface area contributed by atoms with Crippen molar-refractivity contribution < 1.29 is 0 Å². The largest absolute Gasteiger partial charge is 0.297 e. The van der Waals surface area contributed by atoms with E-state index in [4.69, 9.17) is 5.26 Å². The van der Waals surface area contributed by atoms with E-state index in [9.17, 15) is 0 Å². The van der Waals surface area contributed by atoms with E-state index < -0.39 is 0 Å². The molecule has 0 radical (unpaired) electrons. The van der Waals surface area contributed by atoms with E-state index in [-0.39, 0.29) is 5.92 Å². The highest BCUT2D eigenvalue weighted by Gasteiger charge is 2.18. The first kappa shape index (κ1) is 9.63. The molecule has 14 heavy (non-hydrogen) atoms. The van der Waals surface area contributed by atoms with Crippen molar-refractivity contribution in [2.24, 2.45) is 5.92 Å². The van der Waals surface area contributed by atoms with Gasteiger partial charge >= 0.3 is 0 Å². The summed E-state index contributed by atoms with van der Waals surface area (Å²) in [5.41, 5.74) is 3.03. The molecule has 1 aliphatic heterocycles. The molecule has 1 fully saturated rings. The van der Waals surface area contributed by atoms with Gasteiger partial charge in [0.05, 0.1) is 17.3 Å². The summed E-state index contributed by atoms with van der Waals surface area (Å²) in [5.74, 6) is 0.279. The molecule has 2 heterocycles. The van der Waals surface area contributed by atoms with Crippen LogP contribution >= 0.6 is 11.3 Å². The van der Waals surface area contributed by atoms with Gasteiger partial charge in [-0.2, -0.15) is 5.26 Å². The Morgan fingerprint density at radius 3 is 2.93 bits per heavy atom. The summed E-state index contributed by atoms with van der Waals surface area (Å²) in [4.78, 5) is 6.64. The maximum Gasteiger partial charge on any atom is 0.0795 e. The summed E-state index contributed by atoms with van der Waals surface area (Å²) in [7, 11) is 0. The van der Waals surface area contributed by atoms with E-state index in [1.54, 1.807) is 11.3 Å². The summed E-state index contributed by atoms with van der Waals surface area (Å²) in [5, 5.41) is 10.8. The number of likely N-dealkylation sites (tertiary alicyclic amines) is 1. The summed E-state index contributed by atoms with van der Waals surface area (Å²) in [6, 6.07) is 2.34.